The van der Waals surface area contributed by atoms with Gasteiger partial charge in [0.2, 0.25) is 0 Å². The van der Waals surface area contributed by atoms with Crippen LogP contribution in [0.2, 0.25) is 0 Å². The molecule has 0 amide bonds. The van der Waals surface area contributed by atoms with Crippen molar-refractivity contribution in [3.05, 3.63) is 35.4 Å². The predicted octanol–water partition coefficient (Wildman–Crippen LogP) is 3.17. The van der Waals surface area contributed by atoms with E-state index in [0.717, 1.165) is 26.1 Å². The van der Waals surface area contributed by atoms with Crippen LogP contribution < -0.4 is 5.32 Å². The molecule has 1 heterocycles. The molecule has 1 aliphatic heterocycles. The van der Waals surface area contributed by atoms with E-state index in [0.29, 0.717) is 12.6 Å². The van der Waals surface area contributed by atoms with E-state index in [1.54, 1.807) is 0 Å². The van der Waals surface area contributed by atoms with Gasteiger partial charge in [-0.15, -0.1) is 0 Å². The Morgan fingerprint density at radius 2 is 1.90 bits per heavy atom. The number of rotatable bonds is 2. The predicted molar refractivity (Wildman–Crippen MR) is 77.5 cm³/mol. The van der Waals surface area contributed by atoms with Crippen LogP contribution in [0.4, 0.5) is 8.78 Å². The number of nitrogens with one attached hydrogen (secondary N) is 1. The zero-order valence-electron chi connectivity index (χ0n) is 12.5. The minimum absolute atomic E-state index is 0.135. The molecule has 0 radical (unpaired) electrons. The highest BCUT2D eigenvalue weighted by atomic mass is 19.1. The van der Waals surface area contributed by atoms with Crippen LogP contribution in [-0.2, 0) is 6.54 Å². The monoisotopic (exact) mass is 282 g/mol. The normalized spacial score (nSPS) is 21.8. The van der Waals surface area contributed by atoms with Gasteiger partial charge in [0.1, 0.15) is 11.6 Å². The quantitative estimate of drug-likeness (QED) is 0.896. The molecule has 1 N–H and O–H groups in total. The molecule has 1 unspecified atom stereocenters. The first-order valence-corrected chi connectivity index (χ1v) is 7.26. The molecule has 0 saturated carbocycles. The summed E-state index contributed by atoms with van der Waals surface area (Å²) in [5.41, 5.74) is 0.318. The summed E-state index contributed by atoms with van der Waals surface area (Å²) in [4.78, 5) is 2.15. The van der Waals surface area contributed by atoms with Crippen molar-refractivity contribution in [3.8, 4) is 0 Å². The third-order valence-corrected chi connectivity index (χ3v) is 3.97. The van der Waals surface area contributed by atoms with Gasteiger partial charge in [-0.05, 0) is 37.1 Å². The fraction of sp³-hybridized carbons (Fsp3) is 0.625. The smallest absolute Gasteiger partial charge is 0.130 e. The van der Waals surface area contributed by atoms with Gasteiger partial charge in [0.05, 0.1) is 0 Å². The van der Waals surface area contributed by atoms with Crippen LogP contribution in [0.15, 0.2) is 18.2 Å². The summed E-state index contributed by atoms with van der Waals surface area (Å²) < 4.78 is 27.5. The molecule has 1 aliphatic rings. The molecule has 1 atom stereocenters. The number of halogens is 2. The Labute approximate surface area is 120 Å². The minimum atomic E-state index is -0.450. The molecule has 0 bridgehead atoms. The van der Waals surface area contributed by atoms with Crippen LogP contribution >= 0.6 is 0 Å². The zero-order valence-corrected chi connectivity index (χ0v) is 12.5. The van der Waals surface area contributed by atoms with E-state index in [1.165, 1.54) is 18.2 Å². The molecule has 0 spiro atoms. The van der Waals surface area contributed by atoms with Gasteiger partial charge in [0, 0.05) is 24.7 Å². The second-order valence-electron chi connectivity index (χ2n) is 6.66. The third kappa shape index (κ3) is 3.76. The van der Waals surface area contributed by atoms with Crippen molar-refractivity contribution in [2.24, 2.45) is 5.41 Å². The molecule has 1 fully saturated rings. The molecule has 1 saturated heterocycles. The van der Waals surface area contributed by atoms with Crippen molar-refractivity contribution in [1.29, 1.82) is 0 Å². The topological polar surface area (TPSA) is 15.3 Å². The maximum atomic E-state index is 13.8. The minimum Gasteiger partial charge on any atom is -0.312 e. The highest BCUT2D eigenvalue weighted by Crippen LogP contribution is 2.23. The second-order valence-corrected chi connectivity index (χ2v) is 6.66. The molecule has 4 heteroatoms. The van der Waals surface area contributed by atoms with Crippen molar-refractivity contribution in [2.45, 2.75) is 39.8 Å². The summed E-state index contributed by atoms with van der Waals surface area (Å²) in [5.74, 6) is -0.899. The van der Waals surface area contributed by atoms with Crippen LogP contribution in [-0.4, -0.2) is 30.6 Å². The lowest BCUT2D eigenvalue weighted by Gasteiger charge is -2.33. The van der Waals surface area contributed by atoms with E-state index in [4.69, 9.17) is 0 Å². The van der Waals surface area contributed by atoms with Crippen molar-refractivity contribution in [2.75, 3.05) is 19.6 Å². The summed E-state index contributed by atoms with van der Waals surface area (Å²) in [7, 11) is 0. The van der Waals surface area contributed by atoms with Crippen LogP contribution in [0.3, 0.4) is 0 Å². The maximum absolute atomic E-state index is 13.8. The molecule has 0 aromatic heterocycles. The first-order chi connectivity index (χ1) is 9.38. The number of nitrogens with zero attached hydrogens (tertiary/aromatic N) is 1. The van der Waals surface area contributed by atoms with Crippen molar-refractivity contribution < 1.29 is 8.78 Å². The molecule has 1 aromatic rings. The van der Waals surface area contributed by atoms with Gasteiger partial charge in [-0.2, -0.15) is 0 Å². The Hall–Kier alpha value is -1.00. The maximum Gasteiger partial charge on any atom is 0.130 e. The van der Waals surface area contributed by atoms with Crippen LogP contribution in [0.5, 0.6) is 0 Å². The summed E-state index contributed by atoms with van der Waals surface area (Å²) in [6.45, 7) is 9.56. The van der Waals surface area contributed by atoms with Gasteiger partial charge in [-0.25, -0.2) is 8.78 Å². The Bertz CT molecular complexity index is 434. The van der Waals surface area contributed by atoms with Crippen LogP contribution in [0.1, 0.15) is 32.8 Å². The highest BCUT2D eigenvalue weighted by molar-refractivity contribution is 5.19. The number of benzene rings is 1. The Balaban J connectivity index is 2.12. The van der Waals surface area contributed by atoms with Crippen LogP contribution in [0.25, 0.3) is 0 Å². The standard InChI is InChI=1S/C16H24F2N2/c1-16(2,3)15-11-20(9-5-8-19-15)10-12-13(17)6-4-7-14(12)18/h4,6-7,15,19H,5,8-11H2,1-3H3. The SMILES string of the molecule is CC(C)(C)C1CN(Cc2c(F)cccc2F)CCCN1. The van der Waals surface area contributed by atoms with Crippen molar-refractivity contribution in [1.82, 2.24) is 10.2 Å². The second kappa shape index (κ2) is 6.19. The van der Waals surface area contributed by atoms with E-state index >= 15 is 0 Å². The lowest BCUT2D eigenvalue weighted by Crippen LogP contribution is -2.46. The molecule has 112 valence electrons. The summed E-state index contributed by atoms with van der Waals surface area (Å²) in [6, 6.07) is 4.40. The van der Waals surface area contributed by atoms with E-state index in [9.17, 15) is 8.78 Å². The van der Waals surface area contributed by atoms with E-state index < -0.39 is 11.6 Å². The number of hydrogen-bond donors (Lipinski definition) is 1. The summed E-state index contributed by atoms with van der Waals surface area (Å²) >= 11 is 0. The lowest BCUT2D eigenvalue weighted by atomic mass is 9.86. The Morgan fingerprint density at radius 1 is 1.25 bits per heavy atom. The van der Waals surface area contributed by atoms with Crippen molar-refractivity contribution in [3.63, 3.8) is 0 Å². The Kier molecular flexibility index (Phi) is 4.76. The largest absolute Gasteiger partial charge is 0.312 e. The molecule has 2 nitrogen and oxygen atoms in total. The molecular weight excluding hydrogens is 258 g/mol. The zero-order chi connectivity index (χ0) is 14.8. The van der Waals surface area contributed by atoms with Crippen LogP contribution in [0, 0.1) is 17.0 Å². The van der Waals surface area contributed by atoms with Gasteiger partial charge in [0.15, 0.2) is 0 Å². The summed E-state index contributed by atoms with van der Waals surface area (Å²) in [5, 5.41) is 3.54. The fourth-order valence-corrected chi connectivity index (χ4v) is 2.62. The fourth-order valence-electron chi connectivity index (χ4n) is 2.62. The lowest BCUT2D eigenvalue weighted by molar-refractivity contribution is 0.189. The summed E-state index contributed by atoms with van der Waals surface area (Å²) in [6.07, 6.45) is 1.00. The molecule has 20 heavy (non-hydrogen) atoms. The van der Waals surface area contributed by atoms with Gasteiger partial charge in [-0.3, -0.25) is 4.90 Å². The van der Waals surface area contributed by atoms with Crippen molar-refractivity contribution >= 4 is 0 Å². The first kappa shape index (κ1) is 15.4. The van der Waals surface area contributed by atoms with Gasteiger partial charge in [0.25, 0.3) is 0 Å². The van der Waals surface area contributed by atoms with Gasteiger partial charge < -0.3 is 5.32 Å². The average molecular weight is 282 g/mol. The van der Waals surface area contributed by atoms with Gasteiger partial charge >= 0.3 is 0 Å². The van der Waals surface area contributed by atoms with E-state index in [2.05, 4.69) is 31.0 Å². The Morgan fingerprint density at radius 3 is 2.50 bits per heavy atom. The van der Waals surface area contributed by atoms with E-state index in [1.807, 2.05) is 0 Å². The highest BCUT2D eigenvalue weighted by Gasteiger charge is 2.28. The van der Waals surface area contributed by atoms with Gasteiger partial charge in [-0.1, -0.05) is 26.8 Å². The molecule has 0 aliphatic carbocycles. The van der Waals surface area contributed by atoms with E-state index in [-0.39, 0.29) is 11.0 Å². The molecular formula is C16H24F2N2. The molecule has 1 aromatic carbocycles. The first-order valence-electron chi connectivity index (χ1n) is 7.26. The molecule has 2 rings (SSSR count). The number of hydrogen-bond acceptors (Lipinski definition) is 2. The third-order valence-electron chi connectivity index (χ3n) is 3.97. The average Bonchev–Trinajstić information content (AvgIpc) is 2.59.